The van der Waals surface area contributed by atoms with Crippen molar-refractivity contribution in [1.82, 2.24) is 19.8 Å². The summed E-state index contributed by atoms with van der Waals surface area (Å²) >= 11 is 6.23. The number of allylic oxidation sites excluding steroid dienone is 1. The fraction of sp³-hybridized carbons (Fsp3) is 0.200. The Morgan fingerprint density at radius 3 is 2.75 bits per heavy atom. The maximum atomic E-state index is 12.9. The lowest BCUT2D eigenvalue weighted by Crippen LogP contribution is -2.24. The van der Waals surface area contributed by atoms with Gasteiger partial charge in [-0.05, 0) is 35.6 Å². The summed E-state index contributed by atoms with van der Waals surface area (Å²) in [7, 11) is 1.63. The summed E-state index contributed by atoms with van der Waals surface area (Å²) in [5, 5.41) is 14.1. The van der Waals surface area contributed by atoms with Gasteiger partial charge in [-0.2, -0.15) is 5.10 Å². The lowest BCUT2D eigenvalue weighted by molar-refractivity contribution is 0.0950. The van der Waals surface area contributed by atoms with Crippen molar-refractivity contribution in [2.24, 2.45) is 5.92 Å². The van der Waals surface area contributed by atoms with E-state index in [4.69, 9.17) is 21.4 Å². The Labute approximate surface area is 190 Å². The van der Waals surface area contributed by atoms with Crippen LogP contribution in [0.4, 0.5) is 0 Å². The average molecular weight is 445 g/mol. The molecule has 0 fully saturated rings. The van der Waals surface area contributed by atoms with E-state index in [9.17, 15) is 4.79 Å². The molecule has 2 aromatic carbocycles. The van der Waals surface area contributed by atoms with Gasteiger partial charge in [0.15, 0.2) is 17.1 Å². The average Bonchev–Trinajstić information content (AvgIpc) is 3.17. The number of fused-ring (bicyclic) bond motifs is 3. The number of hydrogen-bond donors (Lipinski definition) is 0. The second-order valence-electron chi connectivity index (χ2n) is 7.86. The van der Waals surface area contributed by atoms with Gasteiger partial charge in [0.1, 0.15) is 0 Å². The molecule has 0 aliphatic heterocycles. The number of aromatic nitrogens is 4. The van der Waals surface area contributed by atoms with Crippen LogP contribution in [-0.4, -0.2) is 32.7 Å². The zero-order valence-electron chi connectivity index (χ0n) is 17.5. The molecule has 32 heavy (non-hydrogen) atoms. The van der Waals surface area contributed by atoms with Gasteiger partial charge in [-0.15, -0.1) is 10.2 Å². The van der Waals surface area contributed by atoms with Crippen molar-refractivity contribution in [2.75, 3.05) is 7.11 Å². The standard InChI is InChI=1S/C25H21ClN4O2/c1-32-15-20-23(18-8-5-9-19(26)14-18)25-28-27-24-21(30(25)29-20)12-17(13-22(24)31)11-10-16-6-3-2-4-7-16/h2-11,14,17H,12-13,15H2,1H3/b11-10+/t17-/m0/s1. The first-order valence-corrected chi connectivity index (χ1v) is 10.8. The van der Waals surface area contributed by atoms with Gasteiger partial charge in [0.25, 0.3) is 0 Å². The highest BCUT2D eigenvalue weighted by molar-refractivity contribution is 6.30. The summed E-state index contributed by atoms with van der Waals surface area (Å²) in [6.45, 7) is 0.311. The molecule has 4 aromatic rings. The molecule has 6 nitrogen and oxygen atoms in total. The van der Waals surface area contributed by atoms with Gasteiger partial charge in [0.2, 0.25) is 0 Å². The van der Waals surface area contributed by atoms with Crippen LogP contribution in [0, 0.1) is 5.92 Å². The number of nitrogens with zero attached hydrogens (tertiary/aromatic N) is 4. The molecule has 1 aliphatic carbocycles. The van der Waals surface area contributed by atoms with Crippen LogP contribution < -0.4 is 0 Å². The van der Waals surface area contributed by atoms with E-state index in [1.54, 1.807) is 11.6 Å². The van der Waals surface area contributed by atoms with Crippen LogP contribution in [-0.2, 0) is 17.8 Å². The van der Waals surface area contributed by atoms with E-state index >= 15 is 0 Å². The van der Waals surface area contributed by atoms with Crippen molar-refractivity contribution < 1.29 is 9.53 Å². The monoisotopic (exact) mass is 444 g/mol. The van der Waals surface area contributed by atoms with E-state index in [2.05, 4.69) is 22.3 Å². The molecule has 0 bridgehead atoms. The lowest BCUT2D eigenvalue weighted by Gasteiger charge is -2.20. The Hall–Kier alpha value is -3.35. The van der Waals surface area contributed by atoms with Crippen LogP contribution in [0.1, 0.15) is 33.9 Å². The summed E-state index contributed by atoms with van der Waals surface area (Å²) < 4.78 is 7.15. The molecule has 1 atom stereocenters. The highest BCUT2D eigenvalue weighted by Gasteiger charge is 2.30. The summed E-state index contributed by atoms with van der Waals surface area (Å²) in [5.74, 6) is 0.0451. The molecule has 0 spiro atoms. The number of halogens is 1. The highest BCUT2D eigenvalue weighted by atomic mass is 35.5. The molecule has 7 heteroatoms. The molecule has 1 aliphatic rings. The minimum Gasteiger partial charge on any atom is -0.378 e. The topological polar surface area (TPSA) is 69.4 Å². The molecular formula is C25H21ClN4O2. The van der Waals surface area contributed by atoms with Gasteiger partial charge in [-0.1, -0.05) is 66.2 Å². The van der Waals surface area contributed by atoms with Gasteiger partial charge in [0, 0.05) is 18.6 Å². The Bertz CT molecular complexity index is 1330. The van der Waals surface area contributed by atoms with Crippen LogP contribution in [0.5, 0.6) is 0 Å². The molecule has 5 rings (SSSR count). The molecule has 2 heterocycles. The fourth-order valence-corrected chi connectivity index (χ4v) is 4.36. The Kier molecular flexibility index (Phi) is 5.55. The highest BCUT2D eigenvalue weighted by Crippen LogP contribution is 2.33. The molecule has 2 aromatic heterocycles. The molecule has 0 unspecified atom stereocenters. The molecule has 0 saturated carbocycles. The normalized spacial score (nSPS) is 16.1. The number of carbonyl (C=O) groups is 1. The van der Waals surface area contributed by atoms with E-state index in [0.717, 1.165) is 28.1 Å². The Balaban J connectivity index is 1.60. The Morgan fingerprint density at radius 2 is 1.97 bits per heavy atom. The summed E-state index contributed by atoms with van der Waals surface area (Å²) in [6, 6.07) is 17.6. The van der Waals surface area contributed by atoms with Gasteiger partial charge < -0.3 is 4.74 Å². The molecule has 0 amide bonds. The maximum absolute atomic E-state index is 12.9. The van der Waals surface area contributed by atoms with Gasteiger partial charge >= 0.3 is 0 Å². The number of ether oxygens (including phenoxy) is 1. The van der Waals surface area contributed by atoms with Crippen LogP contribution in [0.3, 0.4) is 0 Å². The number of hydrogen-bond acceptors (Lipinski definition) is 5. The van der Waals surface area contributed by atoms with Crippen molar-refractivity contribution in [3.63, 3.8) is 0 Å². The summed E-state index contributed by atoms with van der Waals surface area (Å²) in [5.41, 5.74) is 5.31. The van der Waals surface area contributed by atoms with Crippen molar-refractivity contribution in [1.29, 1.82) is 0 Å². The van der Waals surface area contributed by atoms with E-state index < -0.39 is 0 Å². The Morgan fingerprint density at radius 1 is 1.12 bits per heavy atom. The van der Waals surface area contributed by atoms with E-state index in [1.165, 1.54) is 0 Å². The third kappa shape index (κ3) is 3.83. The van der Waals surface area contributed by atoms with Gasteiger partial charge in [0.05, 0.1) is 23.6 Å². The van der Waals surface area contributed by atoms with Crippen LogP contribution >= 0.6 is 11.6 Å². The predicted molar refractivity (Wildman–Crippen MR) is 124 cm³/mol. The summed E-state index contributed by atoms with van der Waals surface area (Å²) in [4.78, 5) is 12.9. The molecular weight excluding hydrogens is 424 g/mol. The zero-order chi connectivity index (χ0) is 22.1. The molecule has 0 N–H and O–H groups in total. The van der Waals surface area contributed by atoms with E-state index in [-0.39, 0.29) is 11.7 Å². The minimum atomic E-state index is -0.0172. The number of benzene rings is 2. The molecule has 0 radical (unpaired) electrons. The summed E-state index contributed by atoms with van der Waals surface area (Å²) in [6.07, 6.45) is 5.22. The third-order valence-electron chi connectivity index (χ3n) is 5.63. The predicted octanol–water partition coefficient (Wildman–Crippen LogP) is 5.05. The van der Waals surface area contributed by atoms with E-state index in [1.807, 2.05) is 54.6 Å². The number of Topliss-reactive ketones (excluding diaryl/α,β-unsaturated/α-hetero) is 1. The lowest BCUT2D eigenvalue weighted by atomic mass is 9.88. The SMILES string of the molecule is COCc1nn2c3c(nnc2c1-c1cccc(Cl)c1)C(=O)C[C@@H](/C=C/c1ccccc1)C3. The number of rotatable bonds is 5. The van der Waals surface area contributed by atoms with Gasteiger partial charge in [-0.25, -0.2) is 4.52 Å². The van der Waals surface area contributed by atoms with Crippen LogP contribution in [0.15, 0.2) is 60.7 Å². The molecule has 160 valence electrons. The van der Waals surface area contributed by atoms with Gasteiger partial charge in [-0.3, -0.25) is 4.79 Å². The quantitative estimate of drug-likeness (QED) is 0.431. The molecule has 0 saturated heterocycles. The fourth-order valence-electron chi connectivity index (χ4n) is 4.17. The smallest absolute Gasteiger partial charge is 0.185 e. The van der Waals surface area contributed by atoms with Crippen LogP contribution in [0.2, 0.25) is 5.02 Å². The first kappa shape index (κ1) is 20.5. The van der Waals surface area contributed by atoms with Crippen molar-refractivity contribution >= 4 is 29.1 Å². The number of ketones is 1. The van der Waals surface area contributed by atoms with Crippen molar-refractivity contribution in [3.8, 4) is 11.1 Å². The first-order chi connectivity index (χ1) is 15.6. The minimum absolute atomic E-state index is 0.0172. The third-order valence-corrected chi connectivity index (χ3v) is 5.86. The van der Waals surface area contributed by atoms with Crippen molar-refractivity contribution in [3.05, 3.63) is 88.3 Å². The second kappa shape index (κ2) is 8.65. The maximum Gasteiger partial charge on any atom is 0.185 e. The zero-order valence-corrected chi connectivity index (χ0v) is 18.3. The largest absolute Gasteiger partial charge is 0.378 e. The second-order valence-corrected chi connectivity index (χ2v) is 8.29. The number of methoxy groups -OCH3 is 1. The first-order valence-electron chi connectivity index (χ1n) is 10.4. The van der Waals surface area contributed by atoms with E-state index in [0.29, 0.717) is 35.8 Å². The van der Waals surface area contributed by atoms with Crippen LogP contribution in [0.25, 0.3) is 22.9 Å². The van der Waals surface area contributed by atoms with Crippen molar-refractivity contribution in [2.45, 2.75) is 19.4 Å². The number of carbonyl (C=O) groups excluding carboxylic acids is 1.